The van der Waals surface area contributed by atoms with E-state index in [2.05, 4.69) is 114 Å². The number of hydrogen-bond acceptors (Lipinski definition) is 2. The molecule has 0 saturated heterocycles. The summed E-state index contributed by atoms with van der Waals surface area (Å²) in [5.74, 6) is 0. The molecule has 2 heteroatoms. The van der Waals surface area contributed by atoms with E-state index in [9.17, 15) is 0 Å². The van der Waals surface area contributed by atoms with Gasteiger partial charge in [0.05, 0.1) is 5.54 Å². The van der Waals surface area contributed by atoms with Crippen molar-refractivity contribution in [2.24, 2.45) is 5.73 Å². The van der Waals surface area contributed by atoms with E-state index < -0.39 is 5.54 Å². The van der Waals surface area contributed by atoms with Gasteiger partial charge in [0.2, 0.25) is 0 Å². The van der Waals surface area contributed by atoms with Crippen LogP contribution in [-0.2, 0) is 5.54 Å². The van der Waals surface area contributed by atoms with Crippen molar-refractivity contribution < 1.29 is 0 Å². The van der Waals surface area contributed by atoms with Crippen molar-refractivity contribution in [2.75, 3.05) is 4.90 Å². The fraction of sp³-hybridized carbons (Fsp3) is 0.0714. The molecular formula is C28H24N2. The Hall–Kier alpha value is -3.62. The molecule has 146 valence electrons. The predicted molar refractivity (Wildman–Crippen MR) is 127 cm³/mol. The summed E-state index contributed by atoms with van der Waals surface area (Å²) >= 11 is 0. The first kappa shape index (κ1) is 18.4. The third kappa shape index (κ3) is 3.32. The van der Waals surface area contributed by atoms with Crippen LogP contribution in [0.25, 0.3) is 10.8 Å². The van der Waals surface area contributed by atoms with Gasteiger partial charge in [0, 0.05) is 17.1 Å². The maximum atomic E-state index is 6.94. The van der Waals surface area contributed by atoms with Gasteiger partial charge in [-0.1, -0.05) is 91.0 Å². The highest BCUT2D eigenvalue weighted by molar-refractivity contribution is 5.87. The minimum absolute atomic E-state index is 0.524. The van der Waals surface area contributed by atoms with Crippen LogP contribution < -0.4 is 10.6 Å². The molecule has 1 atom stereocenters. The van der Waals surface area contributed by atoms with Gasteiger partial charge in [0.15, 0.2) is 0 Å². The lowest BCUT2D eigenvalue weighted by molar-refractivity contribution is 0.566. The Morgan fingerprint density at radius 2 is 1.27 bits per heavy atom. The predicted octanol–water partition coefficient (Wildman–Crippen LogP) is 6.68. The maximum Gasteiger partial charge on any atom is 0.0641 e. The highest BCUT2D eigenvalue weighted by Gasteiger charge is 2.28. The molecule has 1 unspecified atom stereocenters. The van der Waals surface area contributed by atoms with Crippen LogP contribution in [0.15, 0.2) is 127 Å². The third-order valence-corrected chi connectivity index (χ3v) is 5.78. The molecule has 2 N–H and O–H groups in total. The summed E-state index contributed by atoms with van der Waals surface area (Å²) in [5.41, 5.74) is 11.0. The molecule has 0 aliphatic heterocycles. The Bertz CT molecular complexity index is 1180. The second kappa shape index (κ2) is 7.66. The molecule has 0 bridgehead atoms. The quantitative estimate of drug-likeness (QED) is 0.423. The molecule has 2 nitrogen and oxygen atoms in total. The summed E-state index contributed by atoms with van der Waals surface area (Å²) in [6, 6.07) is 35.8. The summed E-state index contributed by atoms with van der Waals surface area (Å²) in [5, 5.41) is 2.44. The molecule has 0 heterocycles. The lowest BCUT2D eigenvalue weighted by Gasteiger charge is -2.33. The molecule has 4 aromatic rings. The van der Waals surface area contributed by atoms with Gasteiger partial charge in [0.25, 0.3) is 0 Å². The summed E-state index contributed by atoms with van der Waals surface area (Å²) in [6.45, 7) is 0. The average molecular weight is 389 g/mol. The molecule has 5 rings (SSSR count). The largest absolute Gasteiger partial charge is 0.318 e. The zero-order valence-corrected chi connectivity index (χ0v) is 16.8. The monoisotopic (exact) mass is 388 g/mol. The summed E-state index contributed by atoms with van der Waals surface area (Å²) in [4.78, 5) is 2.28. The molecule has 0 radical (unpaired) electrons. The number of fused-ring (bicyclic) bond motifs is 1. The van der Waals surface area contributed by atoms with Crippen molar-refractivity contribution in [2.45, 2.75) is 12.0 Å². The topological polar surface area (TPSA) is 29.3 Å². The van der Waals surface area contributed by atoms with Crippen LogP contribution in [0.3, 0.4) is 0 Å². The zero-order valence-electron chi connectivity index (χ0n) is 16.8. The second-order valence-electron chi connectivity index (χ2n) is 7.74. The number of rotatable bonds is 4. The SMILES string of the molecule is NC1(c2cccc3ccccc23)C=CC(N(c2ccccc2)c2ccccc2)=CC1. The Kier molecular flexibility index (Phi) is 4.70. The van der Waals surface area contributed by atoms with Crippen molar-refractivity contribution in [1.82, 2.24) is 0 Å². The lowest BCUT2D eigenvalue weighted by atomic mass is 9.81. The molecule has 4 aromatic carbocycles. The van der Waals surface area contributed by atoms with Crippen molar-refractivity contribution in [3.05, 3.63) is 133 Å². The van der Waals surface area contributed by atoms with Crippen LogP contribution in [-0.4, -0.2) is 0 Å². The number of nitrogens with two attached hydrogens (primary N) is 1. The number of allylic oxidation sites excluding steroid dienone is 1. The van der Waals surface area contributed by atoms with Gasteiger partial charge in [-0.05, 0) is 53.1 Å². The summed E-state index contributed by atoms with van der Waals surface area (Å²) in [7, 11) is 0. The van der Waals surface area contributed by atoms with Crippen molar-refractivity contribution in [3.8, 4) is 0 Å². The molecule has 0 saturated carbocycles. The van der Waals surface area contributed by atoms with Crippen molar-refractivity contribution >= 4 is 22.1 Å². The first-order valence-corrected chi connectivity index (χ1v) is 10.3. The van der Waals surface area contributed by atoms with Gasteiger partial charge in [0.1, 0.15) is 0 Å². The summed E-state index contributed by atoms with van der Waals surface area (Å²) < 4.78 is 0. The van der Waals surface area contributed by atoms with Gasteiger partial charge in [-0.2, -0.15) is 0 Å². The molecule has 0 amide bonds. The van der Waals surface area contributed by atoms with E-state index in [4.69, 9.17) is 5.73 Å². The fourth-order valence-corrected chi connectivity index (χ4v) is 4.24. The number of hydrogen-bond donors (Lipinski definition) is 1. The maximum absolute atomic E-state index is 6.94. The minimum Gasteiger partial charge on any atom is -0.318 e. The van der Waals surface area contributed by atoms with E-state index in [1.54, 1.807) is 0 Å². The Balaban J connectivity index is 1.54. The molecular weight excluding hydrogens is 364 g/mol. The van der Waals surface area contributed by atoms with Gasteiger partial charge < -0.3 is 10.6 Å². The number of para-hydroxylation sites is 2. The van der Waals surface area contributed by atoms with Crippen LogP contribution in [0.4, 0.5) is 11.4 Å². The van der Waals surface area contributed by atoms with Gasteiger partial charge >= 0.3 is 0 Å². The van der Waals surface area contributed by atoms with Crippen LogP contribution in [0.2, 0.25) is 0 Å². The average Bonchev–Trinajstić information content (AvgIpc) is 2.82. The number of nitrogens with zero attached hydrogens (tertiary/aromatic N) is 1. The lowest BCUT2D eigenvalue weighted by Crippen LogP contribution is -2.36. The van der Waals surface area contributed by atoms with E-state index in [1.165, 1.54) is 10.8 Å². The molecule has 30 heavy (non-hydrogen) atoms. The van der Waals surface area contributed by atoms with E-state index in [1.807, 2.05) is 12.1 Å². The molecule has 1 aliphatic rings. The van der Waals surface area contributed by atoms with Crippen LogP contribution >= 0.6 is 0 Å². The van der Waals surface area contributed by atoms with E-state index >= 15 is 0 Å². The normalized spacial score (nSPS) is 18.2. The van der Waals surface area contributed by atoms with Crippen LogP contribution in [0, 0.1) is 0 Å². The molecule has 0 fully saturated rings. The Morgan fingerprint density at radius 1 is 0.667 bits per heavy atom. The van der Waals surface area contributed by atoms with Crippen molar-refractivity contribution in [3.63, 3.8) is 0 Å². The Labute approximate surface area is 177 Å². The highest BCUT2D eigenvalue weighted by atomic mass is 15.1. The smallest absolute Gasteiger partial charge is 0.0641 e. The fourth-order valence-electron chi connectivity index (χ4n) is 4.24. The first-order chi connectivity index (χ1) is 14.7. The third-order valence-electron chi connectivity index (χ3n) is 5.78. The standard InChI is InChI=1S/C28H24N2/c29-28(27-17-9-11-22-10-7-8-16-26(22)27)20-18-25(19-21-28)30(23-12-3-1-4-13-23)24-14-5-2-6-15-24/h1-20H,21,29H2. The van der Waals surface area contributed by atoms with E-state index in [-0.39, 0.29) is 0 Å². The number of anilines is 2. The second-order valence-corrected chi connectivity index (χ2v) is 7.74. The van der Waals surface area contributed by atoms with Crippen LogP contribution in [0.1, 0.15) is 12.0 Å². The molecule has 1 aliphatic carbocycles. The molecule has 0 spiro atoms. The minimum atomic E-state index is -0.524. The van der Waals surface area contributed by atoms with E-state index in [0.29, 0.717) is 0 Å². The van der Waals surface area contributed by atoms with E-state index in [0.717, 1.165) is 29.1 Å². The van der Waals surface area contributed by atoms with Gasteiger partial charge in [-0.3, -0.25) is 0 Å². The van der Waals surface area contributed by atoms with Crippen molar-refractivity contribution in [1.29, 1.82) is 0 Å². The summed E-state index contributed by atoms with van der Waals surface area (Å²) in [6.07, 6.45) is 7.30. The van der Waals surface area contributed by atoms with Crippen LogP contribution in [0.5, 0.6) is 0 Å². The molecule has 0 aromatic heterocycles. The highest BCUT2D eigenvalue weighted by Crippen LogP contribution is 2.37. The van der Waals surface area contributed by atoms with Gasteiger partial charge in [-0.25, -0.2) is 0 Å². The number of benzene rings is 4. The first-order valence-electron chi connectivity index (χ1n) is 10.3. The Morgan fingerprint density at radius 3 is 1.90 bits per heavy atom. The van der Waals surface area contributed by atoms with Gasteiger partial charge in [-0.15, -0.1) is 0 Å². The zero-order chi connectivity index (χ0) is 20.4.